The van der Waals surface area contributed by atoms with Crippen LogP contribution in [0.3, 0.4) is 0 Å². The predicted molar refractivity (Wildman–Crippen MR) is 74.4 cm³/mol. The maximum atomic E-state index is 5.71. The Morgan fingerprint density at radius 2 is 2.05 bits per heavy atom. The van der Waals surface area contributed by atoms with Gasteiger partial charge in [-0.2, -0.15) is 0 Å². The van der Waals surface area contributed by atoms with Gasteiger partial charge in [0.15, 0.2) is 5.82 Å². The highest BCUT2D eigenvalue weighted by Gasteiger charge is 2.11. The summed E-state index contributed by atoms with van der Waals surface area (Å²) in [5.74, 6) is 1.64. The highest BCUT2D eigenvalue weighted by Crippen LogP contribution is 2.18. The average molecular weight is 274 g/mol. The number of ether oxygens (including phenoxy) is 1. The first kappa shape index (κ1) is 12.1. The number of nitrogens with zero attached hydrogens (tertiary/aromatic N) is 3. The molecular formula is C13H14N4OS. The maximum absolute atomic E-state index is 5.71. The van der Waals surface area contributed by atoms with Crippen molar-refractivity contribution in [2.75, 3.05) is 6.54 Å². The molecule has 3 rings (SSSR count). The number of hydrogen-bond donors (Lipinski definition) is 1. The summed E-state index contributed by atoms with van der Waals surface area (Å²) in [5.41, 5.74) is 6.75. The van der Waals surface area contributed by atoms with E-state index in [1.54, 1.807) is 11.3 Å². The lowest BCUT2D eigenvalue weighted by Gasteiger charge is -2.05. The molecule has 0 saturated heterocycles. The van der Waals surface area contributed by atoms with Crippen molar-refractivity contribution in [2.45, 2.75) is 13.0 Å². The maximum Gasteiger partial charge on any atom is 0.216 e. The predicted octanol–water partition coefficient (Wildman–Crippen LogP) is 1.87. The van der Waals surface area contributed by atoms with Crippen molar-refractivity contribution < 1.29 is 4.74 Å². The molecule has 0 spiro atoms. The van der Waals surface area contributed by atoms with E-state index in [0.717, 1.165) is 28.6 Å². The number of nitrogens with two attached hydrogens (primary N) is 1. The third-order valence-corrected chi connectivity index (χ3v) is 3.66. The van der Waals surface area contributed by atoms with Crippen molar-refractivity contribution >= 4 is 16.3 Å². The molecule has 0 bridgehead atoms. The first-order valence-corrected chi connectivity index (χ1v) is 6.95. The lowest BCUT2D eigenvalue weighted by molar-refractivity contribution is 0.294. The first-order valence-electron chi connectivity index (χ1n) is 6.07. The highest BCUT2D eigenvalue weighted by atomic mass is 32.1. The molecule has 2 aromatic heterocycles. The second kappa shape index (κ2) is 5.38. The molecule has 2 N–H and O–H groups in total. The van der Waals surface area contributed by atoms with Gasteiger partial charge in [-0.25, -0.2) is 0 Å². The molecule has 0 aliphatic carbocycles. The summed E-state index contributed by atoms with van der Waals surface area (Å²) in [6, 6.07) is 9.69. The van der Waals surface area contributed by atoms with Gasteiger partial charge in [-0.05, 0) is 18.7 Å². The molecule has 1 aromatic carbocycles. The van der Waals surface area contributed by atoms with Crippen LogP contribution < -0.4 is 10.5 Å². The van der Waals surface area contributed by atoms with Gasteiger partial charge in [0.05, 0.1) is 0 Å². The molecule has 0 fully saturated rings. The van der Waals surface area contributed by atoms with Crippen molar-refractivity contribution in [3.63, 3.8) is 0 Å². The van der Waals surface area contributed by atoms with Gasteiger partial charge in [0, 0.05) is 17.5 Å². The number of thiazole rings is 1. The minimum Gasteiger partial charge on any atom is -0.486 e. The quantitative estimate of drug-likeness (QED) is 0.771. The van der Waals surface area contributed by atoms with Crippen LogP contribution in [0.4, 0.5) is 0 Å². The number of benzene rings is 1. The average Bonchev–Trinajstić information content (AvgIpc) is 3.02. The van der Waals surface area contributed by atoms with E-state index in [0.29, 0.717) is 13.2 Å². The van der Waals surface area contributed by atoms with Gasteiger partial charge in [0.25, 0.3) is 0 Å². The monoisotopic (exact) mass is 274 g/mol. The van der Waals surface area contributed by atoms with Crippen molar-refractivity contribution in [3.8, 4) is 5.75 Å². The second-order valence-electron chi connectivity index (χ2n) is 4.10. The Morgan fingerprint density at radius 1 is 1.21 bits per heavy atom. The molecule has 98 valence electrons. The second-order valence-corrected chi connectivity index (χ2v) is 4.94. The fraction of sp³-hybridized carbons (Fsp3) is 0.231. The van der Waals surface area contributed by atoms with Crippen molar-refractivity contribution in [1.82, 2.24) is 14.6 Å². The van der Waals surface area contributed by atoms with E-state index < -0.39 is 0 Å². The summed E-state index contributed by atoms with van der Waals surface area (Å²) < 4.78 is 7.74. The molecule has 0 saturated carbocycles. The zero-order valence-electron chi connectivity index (χ0n) is 10.3. The van der Waals surface area contributed by atoms with Crippen LogP contribution in [0.1, 0.15) is 11.5 Å². The Hall–Kier alpha value is -1.92. The van der Waals surface area contributed by atoms with E-state index in [2.05, 4.69) is 15.6 Å². The van der Waals surface area contributed by atoms with Crippen LogP contribution in [0.2, 0.25) is 0 Å². The Labute approximate surface area is 114 Å². The summed E-state index contributed by atoms with van der Waals surface area (Å²) in [5, 5.41) is 10.4. The molecule has 19 heavy (non-hydrogen) atoms. The van der Waals surface area contributed by atoms with E-state index >= 15 is 0 Å². The molecule has 0 unspecified atom stereocenters. The van der Waals surface area contributed by atoms with Crippen LogP contribution in [0.5, 0.6) is 5.75 Å². The van der Waals surface area contributed by atoms with Gasteiger partial charge < -0.3 is 10.5 Å². The minimum absolute atomic E-state index is 0.402. The molecular weight excluding hydrogens is 260 g/mol. The fourth-order valence-electron chi connectivity index (χ4n) is 1.92. The molecule has 0 aliphatic heterocycles. The summed E-state index contributed by atoms with van der Waals surface area (Å²) in [4.78, 5) is 0.884. The van der Waals surface area contributed by atoms with Crippen LogP contribution in [0.25, 0.3) is 4.96 Å². The third kappa shape index (κ3) is 2.45. The molecule has 0 atom stereocenters. The molecule has 2 heterocycles. The third-order valence-electron chi connectivity index (χ3n) is 2.80. The molecule has 0 aliphatic rings. The van der Waals surface area contributed by atoms with Crippen LogP contribution in [-0.2, 0) is 13.0 Å². The van der Waals surface area contributed by atoms with Crippen LogP contribution in [0, 0.1) is 0 Å². The molecule has 6 heteroatoms. The zero-order valence-corrected chi connectivity index (χ0v) is 11.1. The number of rotatable bonds is 5. The normalized spacial score (nSPS) is 11.0. The van der Waals surface area contributed by atoms with E-state index in [1.165, 1.54) is 0 Å². The summed E-state index contributed by atoms with van der Waals surface area (Å²) >= 11 is 1.57. The SMILES string of the molecule is NCCc1csc2nnc(COc3ccccc3)n12. The molecule has 0 radical (unpaired) electrons. The lowest BCUT2D eigenvalue weighted by Crippen LogP contribution is -2.08. The molecule has 3 aromatic rings. The Balaban J connectivity index is 1.82. The van der Waals surface area contributed by atoms with Crippen LogP contribution in [-0.4, -0.2) is 21.1 Å². The van der Waals surface area contributed by atoms with Crippen LogP contribution >= 0.6 is 11.3 Å². The van der Waals surface area contributed by atoms with Gasteiger partial charge in [-0.15, -0.1) is 21.5 Å². The minimum atomic E-state index is 0.402. The van der Waals surface area contributed by atoms with Crippen LogP contribution in [0.15, 0.2) is 35.7 Å². The van der Waals surface area contributed by atoms with Crippen molar-refractivity contribution in [2.24, 2.45) is 5.73 Å². The Kier molecular flexibility index (Phi) is 3.43. The number of aromatic nitrogens is 3. The molecule has 5 nitrogen and oxygen atoms in total. The van der Waals surface area contributed by atoms with Gasteiger partial charge in [-0.3, -0.25) is 4.40 Å². The Bertz CT molecular complexity index is 662. The number of para-hydroxylation sites is 1. The highest BCUT2D eigenvalue weighted by molar-refractivity contribution is 7.15. The smallest absolute Gasteiger partial charge is 0.216 e. The summed E-state index contributed by atoms with van der Waals surface area (Å²) in [7, 11) is 0. The van der Waals surface area contributed by atoms with E-state index in [1.807, 2.05) is 34.7 Å². The van der Waals surface area contributed by atoms with E-state index in [9.17, 15) is 0 Å². The lowest BCUT2D eigenvalue weighted by atomic mass is 10.3. The van der Waals surface area contributed by atoms with Gasteiger partial charge in [0.2, 0.25) is 4.96 Å². The van der Waals surface area contributed by atoms with E-state index in [4.69, 9.17) is 10.5 Å². The van der Waals surface area contributed by atoms with Crippen molar-refractivity contribution in [1.29, 1.82) is 0 Å². The standard InChI is InChI=1S/C13H14N4OS/c14-7-6-10-9-19-13-16-15-12(17(10)13)8-18-11-4-2-1-3-5-11/h1-5,9H,6-8,14H2. The van der Waals surface area contributed by atoms with Gasteiger partial charge in [-0.1, -0.05) is 18.2 Å². The topological polar surface area (TPSA) is 65.4 Å². The molecule has 0 amide bonds. The zero-order chi connectivity index (χ0) is 13.1. The fourth-order valence-corrected chi connectivity index (χ4v) is 2.80. The van der Waals surface area contributed by atoms with Crippen molar-refractivity contribution in [3.05, 3.63) is 47.2 Å². The summed E-state index contributed by atoms with van der Waals surface area (Å²) in [6.45, 7) is 1.02. The van der Waals surface area contributed by atoms with Gasteiger partial charge in [0.1, 0.15) is 12.4 Å². The van der Waals surface area contributed by atoms with Gasteiger partial charge >= 0.3 is 0 Å². The van der Waals surface area contributed by atoms with E-state index in [-0.39, 0.29) is 0 Å². The Morgan fingerprint density at radius 3 is 2.84 bits per heavy atom. The largest absolute Gasteiger partial charge is 0.486 e. The summed E-state index contributed by atoms with van der Waals surface area (Å²) in [6.07, 6.45) is 0.816. The number of hydrogen-bond acceptors (Lipinski definition) is 5. The number of fused-ring (bicyclic) bond motifs is 1. The first-order chi connectivity index (χ1) is 9.38.